The largest absolute Gasteiger partial charge is 0.480 e. The molecule has 0 aliphatic rings. The highest BCUT2D eigenvalue weighted by Crippen LogP contribution is 2.32. The lowest BCUT2D eigenvalue weighted by molar-refractivity contribution is 0.0696. The van der Waals surface area contributed by atoms with Crippen LogP contribution in [0, 0.1) is 0 Å². The number of aromatic carboxylic acids is 1. The fraction of sp³-hybridized carbons (Fsp3) is 0.333. The van der Waals surface area contributed by atoms with E-state index in [-0.39, 0.29) is 11.0 Å². The van der Waals surface area contributed by atoms with Gasteiger partial charge in [0.15, 0.2) is 0 Å². The average molecular weight is 362 g/mol. The summed E-state index contributed by atoms with van der Waals surface area (Å²) in [6, 6.07) is 7.87. The first-order chi connectivity index (χ1) is 11.8. The van der Waals surface area contributed by atoms with E-state index in [2.05, 4.69) is 30.5 Å². The van der Waals surface area contributed by atoms with Gasteiger partial charge in [-0.3, -0.25) is 4.72 Å². The van der Waals surface area contributed by atoms with Crippen molar-refractivity contribution >= 4 is 22.6 Å². The van der Waals surface area contributed by atoms with Crippen LogP contribution in [0.3, 0.4) is 0 Å². The van der Waals surface area contributed by atoms with Gasteiger partial charge >= 0.3 is 5.97 Å². The number of nitrogens with one attached hydrogen (secondary N) is 1. The number of hydrogen-bond donors (Lipinski definition) is 2. The summed E-state index contributed by atoms with van der Waals surface area (Å²) in [4.78, 5) is 15.7. The van der Waals surface area contributed by atoms with Crippen molar-refractivity contribution in [1.82, 2.24) is 4.98 Å². The molecular formula is C18H22N2O4S. The minimum Gasteiger partial charge on any atom is -0.480 e. The van der Waals surface area contributed by atoms with Gasteiger partial charge in [-0.15, -0.1) is 0 Å². The Morgan fingerprint density at radius 2 is 2.08 bits per heavy atom. The molecule has 0 aliphatic heterocycles. The van der Waals surface area contributed by atoms with Gasteiger partial charge in [-0.1, -0.05) is 26.8 Å². The number of carbonyl (C=O) groups is 1. The molecule has 2 aromatic rings. The number of rotatable bonds is 7. The molecule has 0 amide bonds. The Kier molecular flexibility index (Phi) is 5.79. The molecule has 0 radical (unpaired) electrons. The maximum atomic E-state index is 12.6. The minimum atomic E-state index is -1.64. The molecule has 0 saturated heterocycles. The number of aromatic nitrogens is 1. The summed E-state index contributed by atoms with van der Waals surface area (Å²) in [5.74, 6) is -0.733. The zero-order valence-electron chi connectivity index (χ0n) is 14.7. The van der Waals surface area contributed by atoms with Crippen LogP contribution in [0.5, 0.6) is 5.88 Å². The first-order valence-electron chi connectivity index (χ1n) is 7.84. The van der Waals surface area contributed by atoms with Crippen LogP contribution >= 0.6 is 0 Å². The monoisotopic (exact) mass is 362 g/mol. The number of benzene rings is 1. The lowest BCUT2D eigenvalue weighted by Crippen LogP contribution is -2.17. The van der Waals surface area contributed by atoms with E-state index in [1.807, 2.05) is 6.07 Å². The average Bonchev–Trinajstić information content (AvgIpc) is 2.61. The second-order valence-electron chi connectivity index (χ2n) is 6.22. The van der Waals surface area contributed by atoms with Gasteiger partial charge in [0, 0.05) is 6.20 Å². The Morgan fingerprint density at radius 3 is 2.68 bits per heavy atom. The first kappa shape index (κ1) is 18.9. The molecule has 1 heterocycles. The molecule has 0 saturated carbocycles. The zero-order chi connectivity index (χ0) is 18.6. The van der Waals surface area contributed by atoms with Crippen molar-refractivity contribution in [3.05, 3.63) is 47.7 Å². The molecule has 0 bridgehead atoms. The van der Waals surface area contributed by atoms with E-state index >= 15 is 0 Å². The molecule has 1 atom stereocenters. The van der Waals surface area contributed by atoms with Crippen LogP contribution in [0.25, 0.3) is 0 Å². The summed E-state index contributed by atoms with van der Waals surface area (Å²) in [7, 11) is -0.151. The number of methoxy groups -OCH3 is 1. The van der Waals surface area contributed by atoms with Gasteiger partial charge < -0.3 is 9.84 Å². The Balaban J connectivity index is 2.35. The van der Waals surface area contributed by atoms with Crippen LogP contribution in [0.1, 0.15) is 43.1 Å². The number of pyridine rings is 1. The summed E-state index contributed by atoms with van der Waals surface area (Å²) >= 11 is 0. The van der Waals surface area contributed by atoms with Crippen molar-refractivity contribution < 1.29 is 18.8 Å². The normalized spacial score (nSPS) is 12.5. The molecule has 1 aromatic carbocycles. The lowest BCUT2D eigenvalue weighted by atomic mass is 9.83. The van der Waals surface area contributed by atoms with E-state index in [0.717, 1.165) is 12.0 Å². The quantitative estimate of drug-likeness (QED) is 0.785. The SMILES string of the molecule is CCC(C)(C)c1cnc(OC)c(NS(=O)c2cccc(C(=O)O)c2)c1. The lowest BCUT2D eigenvalue weighted by Gasteiger charge is -2.24. The van der Waals surface area contributed by atoms with Crippen LogP contribution < -0.4 is 9.46 Å². The van der Waals surface area contributed by atoms with Gasteiger partial charge in [0.25, 0.3) is 0 Å². The molecular weight excluding hydrogens is 340 g/mol. The van der Waals surface area contributed by atoms with Gasteiger partial charge in [0.1, 0.15) is 16.7 Å². The maximum Gasteiger partial charge on any atom is 0.335 e. The number of hydrogen-bond acceptors (Lipinski definition) is 4. The van der Waals surface area contributed by atoms with E-state index in [1.165, 1.54) is 19.2 Å². The Hall–Kier alpha value is -2.41. The molecule has 0 aliphatic carbocycles. The standard InChI is InChI=1S/C18H22N2O4S/c1-5-18(2,3)13-10-15(16(24-4)19-11-13)20-25(23)14-8-6-7-12(9-14)17(21)22/h6-11,20H,5H2,1-4H3,(H,21,22). The Morgan fingerprint density at radius 1 is 1.36 bits per heavy atom. The molecule has 134 valence electrons. The number of nitrogens with zero attached hydrogens (tertiary/aromatic N) is 1. The summed E-state index contributed by atoms with van der Waals surface area (Å²) in [5, 5.41) is 9.07. The predicted octanol–water partition coefficient (Wildman–Crippen LogP) is 3.61. The minimum absolute atomic E-state index is 0.0820. The van der Waals surface area contributed by atoms with Crippen LogP contribution in [0.15, 0.2) is 41.4 Å². The van der Waals surface area contributed by atoms with Crippen molar-refractivity contribution in [1.29, 1.82) is 0 Å². The van der Waals surface area contributed by atoms with Gasteiger partial charge in [-0.2, -0.15) is 0 Å². The summed E-state index contributed by atoms with van der Waals surface area (Å²) in [6.45, 7) is 6.30. The highest BCUT2D eigenvalue weighted by Gasteiger charge is 2.21. The van der Waals surface area contributed by atoms with Crippen molar-refractivity contribution in [2.75, 3.05) is 11.8 Å². The smallest absolute Gasteiger partial charge is 0.335 e. The Labute approximate surface area is 149 Å². The molecule has 7 heteroatoms. The van der Waals surface area contributed by atoms with Crippen LogP contribution in [0.2, 0.25) is 0 Å². The molecule has 25 heavy (non-hydrogen) atoms. The molecule has 0 spiro atoms. The van der Waals surface area contributed by atoms with Gasteiger partial charge in [0.05, 0.1) is 17.6 Å². The highest BCUT2D eigenvalue weighted by atomic mass is 32.2. The third-order valence-corrected chi connectivity index (χ3v) is 5.29. The highest BCUT2D eigenvalue weighted by molar-refractivity contribution is 7.86. The third kappa shape index (κ3) is 4.36. The number of ether oxygens (including phenoxy) is 1. The van der Waals surface area contributed by atoms with Crippen molar-refractivity contribution in [2.24, 2.45) is 0 Å². The van der Waals surface area contributed by atoms with Crippen molar-refractivity contribution in [3.8, 4) is 5.88 Å². The van der Waals surface area contributed by atoms with Gasteiger partial charge in [0.2, 0.25) is 5.88 Å². The van der Waals surface area contributed by atoms with E-state index < -0.39 is 17.0 Å². The van der Waals surface area contributed by atoms with Crippen molar-refractivity contribution in [3.63, 3.8) is 0 Å². The fourth-order valence-corrected chi connectivity index (χ4v) is 3.07. The first-order valence-corrected chi connectivity index (χ1v) is 8.99. The third-order valence-electron chi connectivity index (χ3n) is 4.21. The molecule has 2 rings (SSSR count). The van der Waals surface area contributed by atoms with Crippen molar-refractivity contribution in [2.45, 2.75) is 37.5 Å². The molecule has 1 unspecified atom stereocenters. The van der Waals surface area contributed by atoms with Gasteiger partial charge in [-0.25, -0.2) is 14.0 Å². The van der Waals surface area contributed by atoms with Crippen LogP contribution in [-0.2, 0) is 16.4 Å². The van der Waals surface area contributed by atoms with E-state index in [1.54, 1.807) is 18.3 Å². The molecule has 1 aromatic heterocycles. The second kappa shape index (κ2) is 7.65. The topological polar surface area (TPSA) is 88.5 Å². The summed E-state index contributed by atoms with van der Waals surface area (Å²) < 4.78 is 20.7. The Bertz CT molecular complexity index is 805. The fourth-order valence-electron chi connectivity index (χ4n) is 2.17. The van der Waals surface area contributed by atoms with Crippen LogP contribution in [-0.4, -0.2) is 27.4 Å². The molecule has 0 fully saturated rings. The maximum absolute atomic E-state index is 12.6. The second-order valence-corrected chi connectivity index (χ2v) is 7.44. The summed E-state index contributed by atoms with van der Waals surface area (Å²) in [6.07, 6.45) is 2.67. The van der Waals surface area contributed by atoms with E-state index in [0.29, 0.717) is 16.5 Å². The molecule has 6 nitrogen and oxygen atoms in total. The predicted molar refractivity (Wildman–Crippen MR) is 97.5 cm³/mol. The number of carboxylic acids is 1. The number of carboxylic acid groups (broad SMARTS) is 1. The van der Waals surface area contributed by atoms with E-state index in [4.69, 9.17) is 9.84 Å². The zero-order valence-corrected chi connectivity index (χ0v) is 15.5. The number of anilines is 1. The van der Waals surface area contributed by atoms with Crippen LogP contribution in [0.4, 0.5) is 5.69 Å². The van der Waals surface area contributed by atoms with Gasteiger partial charge in [-0.05, 0) is 41.7 Å². The summed E-state index contributed by atoms with van der Waals surface area (Å²) in [5.41, 5.74) is 1.49. The molecule has 2 N–H and O–H groups in total. The van der Waals surface area contributed by atoms with E-state index in [9.17, 15) is 9.00 Å².